The Morgan fingerprint density at radius 2 is 1.76 bits per heavy atom. The Labute approximate surface area is 176 Å². The van der Waals surface area contributed by atoms with Crippen molar-refractivity contribution in [2.45, 2.75) is 45.6 Å². The summed E-state index contributed by atoms with van der Waals surface area (Å²) in [5, 5.41) is 6.19. The van der Waals surface area contributed by atoms with E-state index in [1.807, 2.05) is 12.1 Å². The van der Waals surface area contributed by atoms with E-state index in [-0.39, 0.29) is 12.1 Å². The van der Waals surface area contributed by atoms with Gasteiger partial charge >= 0.3 is 6.03 Å². The number of carbonyl (C=O) groups excluding carboxylic acids is 1. The molecule has 0 aliphatic carbocycles. The normalized spacial score (nSPS) is 23.6. The van der Waals surface area contributed by atoms with Gasteiger partial charge in [0.05, 0.1) is 7.11 Å². The van der Waals surface area contributed by atoms with Gasteiger partial charge in [-0.25, -0.2) is 4.79 Å². The lowest BCUT2D eigenvalue weighted by Crippen LogP contribution is -2.48. The molecular formula is C23H38N4O2. The minimum atomic E-state index is -0.0201. The highest BCUT2D eigenvalue weighted by Crippen LogP contribution is 2.23. The maximum absolute atomic E-state index is 12.2. The molecule has 1 aromatic rings. The first-order chi connectivity index (χ1) is 14.0. The number of nitrogens with zero attached hydrogens (tertiary/aromatic N) is 2. The average Bonchev–Trinajstić information content (AvgIpc) is 2.71. The van der Waals surface area contributed by atoms with E-state index in [1.165, 1.54) is 25.2 Å². The Kier molecular flexibility index (Phi) is 8.04. The van der Waals surface area contributed by atoms with E-state index in [9.17, 15) is 4.79 Å². The second-order valence-electron chi connectivity index (χ2n) is 8.92. The number of hydrogen-bond donors (Lipinski definition) is 2. The van der Waals surface area contributed by atoms with Crippen LogP contribution in [0.5, 0.6) is 5.75 Å². The number of carbonyl (C=O) groups is 1. The smallest absolute Gasteiger partial charge is 0.315 e. The molecule has 2 unspecified atom stereocenters. The molecule has 2 N–H and O–H groups in total. The summed E-state index contributed by atoms with van der Waals surface area (Å²) >= 11 is 0. The van der Waals surface area contributed by atoms with E-state index in [4.69, 9.17) is 4.74 Å². The summed E-state index contributed by atoms with van der Waals surface area (Å²) in [6, 6.07) is 8.43. The van der Waals surface area contributed by atoms with Crippen LogP contribution in [0.15, 0.2) is 24.3 Å². The van der Waals surface area contributed by atoms with Crippen molar-refractivity contribution in [3.8, 4) is 5.75 Å². The molecule has 0 bridgehead atoms. The Morgan fingerprint density at radius 3 is 2.38 bits per heavy atom. The van der Waals surface area contributed by atoms with E-state index in [1.54, 1.807) is 7.11 Å². The van der Waals surface area contributed by atoms with Crippen LogP contribution in [-0.2, 0) is 0 Å². The fraction of sp³-hybridized carbons (Fsp3) is 0.696. The number of likely N-dealkylation sites (tertiary alicyclic amines) is 1. The number of amides is 2. The maximum Gasteiger partial charge on any atom is 0.315 e. The van der Waals surface area contributed by atoms with Crippen LogP contribution in [0.1, 0.15) is 39.5 Å². The fourth-order valence-electron chi connectivity index (χ4n) is 4.79. The van der Waals surface area contributed by atoms with Gasteiger partial charge in [0.2, 0.25) is 0 Å². The lowest BCUT2D eigenvalue weighted by molar-refractivity contribution is 0.139. The number of benzene rings is 1. The van der Waals surface area contributed by atoms with Crippen molar-refractivity contribution in [1.82, 2.24) is 15.5 Å². The summed E-state index contributed by atoms with van der Waals surface area (Å²) in [7, 11) is 1.69. The van der Waals surface area contributed by atoms with Crippen LogP contribution in [0.2, 0.25) is 0 Å². The van der Waals surface area contributed by atoms with Gasteiger partial charge in [-0.2, -0.15) is 0 Å². The zero-order valence-corrected chi connectivity index (χ0v) is 18.3. The number of urea groups is 1. The summed E-state index contributed by atoms with van der Waals surface area (Å²) in [4.78, 5) is 17.1. The fourth-order valence-corrected chi connectivity index (χ4v) is 4.79. The Bertz CT molecular complexity index is 618. The van der Waals surface area contributed by atoms with Crippen molar-refractivity contribution in [3.05, 3.63) is 24.3 Å². The van der Waals surface area contributed by atoms with Crippen LogP contribution < -0.4 is 20.3 Å². The highest BCUT2D eigenvalue weighted by molar-refractivity contribution is 5.74. The molecule has 2 heterocycles. The van der Waals surface area contributed by atoms with Crippen LogP contribution in [0.4, 0.5) is 10.5 Å². The molecule has 2 amide bonds. The number of methoxy groups -OCH3 is 1. The molecule has 2 fully saturated rings. The Balaban J connectivity index is 1.29. The molecule has 0 radical (unpaired) electrons. The van der Waals surface area contributed by atoms with Gasteiger partial charge in [-0.15, -0.1) is 0 Å². The van der Waals surface area contributed by atoms with Crippen LogP contribution in [0.3, 0.4) is 0 Å². The standard InChI is InChI=1S/C23H38N4O2/c1-18-15-19(2)17-26(16-18)12-4-11-24-23(28)25-20-9-13-27(14-10-20)21-5-7-22(29-3)8-6-21/h5-8,18-20H,4,9-17H2,1-3H3,(H2,24,25,28). The van der Waals surface area contributed by atoms with Crippen LogP contribution >= 0.6 is 0 Å². The zero-order valence-electron chi connectivity index (χ0n) is 18.3. The average molecular weight is 403 g/mol. The van der Waals surface area contributed by atoms with Crippen molar-refractivity contribution < 1.29 is 9.53 Å². The largest absolute Gasteiger partial charge is 0.497 e. The quantitative estimate of drug-likeness (QED) is 0.687. The lowest BCUT2D eigenvalue weighted by atomic mass is 9.92. The summed E-state index contributed by atoms with van der Waals surface area (Å²) in [5.41, 5.74) is 1.22. The van der Waals surface area contributed by atoms with Crippen LogP contribution in [0.25, 0.3) is 0 Å². The van der Waals surface area contributed by atoms with Gasteiger partial charge in [-0.1, -0.05) is 13.8 Å². The zero-order chi connectivity index (χ0) is 20.6. The molecule has 3 rings (SSSR count). The highest BCUT2D eigenvalue weighted by atomic mass is 16.5. The van der Waals surface area contributed by atoms with Gasteiger partial charge in [-0.05, 0) is 68.3 Å². The minimum absolute atomic E-state index is 0.0201. The molecule has 6 nitrogen and oxygen atoms in total. The van der Waals surface area contributed by atoms with Gasteiger partial charge in [0.1, 0.15) is 5.75 Å². The highest BCUT2D eigenvalue weighted by Gasteiger charge is 2.22. The van der Waals surface area contributed by atoms with Crippen molar-refractivity contribution in [1.29, 1.82) is 0 Å². The summed E-state index contributed by atoms with van der Waals surface area (Å²) in [6.45, 7) is 10.8. The Morgan fingerprint density at radius 1 is 1.10 bits per heavy atom. The predicted molar refractivity (Wildman–Crippen MR) is 119 cm³/mol. The molecule has 0 spiro atoms. The summed E-state index contributed by atoms with van der Waals surface area (Å²) in [6.07, 6.45) is 4.31. The maximum atomic E-state index is 12.2. The Hall–Kier alpha value is -1.95. The topological polar surface area (TPSA) is 56.8 Å². The first kappa shape index (κ1) is 21.8. The van der Waals surface area contributed by atoms with Gasteiger partial charge < -0.3 is 25.2 Å². The van der Waals surface area contributed by atoms with Gasteiger partial charge in [0.25, 0.3) is 0 Å². The number of hydrogen-bond acceptors (Lipinski definition) is 4. The molecular weight excluding hydrogens is 364 g/mol. The van der Waals surface area contributed by atoms with Crippen molar-refractivity contribution >= 4 is 11.7 Å². The summed E-state index contributed by atoms with van der Waals surface area (Å²) in [5.74, 6) is 2.46. The van der Waals surface area contributed by atoms with Crippen LogP contribution in [-0.4, -0.2) is 63.4 Å². The second kappa shape index (κ2) is 10.7. The number of piperidine rings is 2. The van der Waals surface area contributed by atoms with E-state index in [0.717, 1.165) is 63.0 Å². The van der Waals surface area contributed by atoms with Gasteiger partial charge in [0, 0.05) is 44.5 Å². The first-order valence-corrected chi connectivity index (χ1v) is 11.2. The molecule has 2 aliphatic heterocycles. The SMILES string of the molecule is COc1ccc(N2CCC(NC(=O)NCCCN3CC(C)CC(C)C3)CC2)cc1. The number of rotatable bonds is 7. The molecule has 2 aliphatic rings. The van der Waals surface area contributed by atoms with E-state index in [0.29, 0.717) is 0 Å². The molecule has 2 saturated heterocycles. The molecule has 0 aromatic heterocycles. The molecule has 29 heavy (non-hydrogen) atoms. The van der Waals surface area contributed by atoms with Crippen molar-refractivity contribution in [3.63, 3.8) is 0 Å². The van der Waals surface area contributed by atoms with E-state index in [2.05, 4.69) is 46.4 Å². The third-order valence-electron chi connectivity index (χ3n) is 6.15. The molecule has 0 saturated carbocycles. The summed E-state index contributed by atoms with van der Waals surface area (Å²) < 4.78 is 5.23. The monoisotopic (exact) mass is 402 g/mol. The predicted octanol–water partition coefficient (Wildman–Crippen LogP) is 3.33. The van der Waals surface area contributed by atoms with Crippen LogP contribution in [0, 0.1) is 11.8 Å². The molecule has 2 atom stereocenters. The minimum Gasteiger partial charge on any atom is -0.497 e. The number of anilines is 1. The third kappa shape index (κ3) is 6.81. The number of ether oxygens (including phenoxy) is 1. The van der Waals surface area contributed by atoms with Gasteiger partial charge in [0.15, 0.2) is 0 Å². The van der Waals surface area contributed by atoms with Gasteiger partial charge in [-0.3, -0.25) is 0 Å². The van der Waals surface area contributed by atoms with Crippen molar-refractivity contribution in [2.75, 3.05) is 51.3 Å². The molecule has 162 valence electrons. The second-order valence-corrected chi connectivity index (χ2v) is 8.92. The van der Waals surface area contributed by atoms with Crippen molar-refractivity contribution in [2.24, 2.45) is 11.8 Å². The molecule has 1 aromatic carbocycles. The van der Waals surface area contributed by atoms with E-state index < -0.39 is 0 Å². The third-order valence-corrected chi connectivity index (χ3v) is 6.15. The first-order valence-electron chi connectivity index (χ1n) is 11.2. The molecule has 6 heteroatoms. The lowest BCUT2D eigenvalue weighted by Gasteiger charge is -2.35. The number of nitrogens with one attached hydrogen (secondary N) is 2. The van der Waals surface area contributed by atoms with E-state index >= 15 is 0 Å².